The molecule has 0 saturated carbocycles. The number of hydrogen-bond donors (Lipinski definition) is 1. The number of aromatic nitrogens is 2. The number of nitrogens with zero attached hydrogens (tertiary/aromatic N) is 1. The van der Waals surface area contributed by atoms with Gasteiger partial charge < -0.3 is 0 Å². The third-order valence-corrected chi connectivity index (χ3v) is 7.43. The average molecular weight is 398 g/mol. The summed E-state index contributed by atoms with van der Waals surface area (Å²) in [7, 11) is 5.85. The van der Waals surface area contributed by atoms with Crippen molar-refractivity contribution in [2.45, 2.75) is 0 Å². The molecule has 0 spiro atoms. The number of nitrogens with one attached hydrogen (secondary N) is 1. The molecular formula is C8H6ClHgN2O2+. The first-order valence-electron chi connectivity index (χ1n) is 4.06. The van der Waals surface area contributed by atoms with E-state index in [9.17, 15) is 4.79 Å². The SMILES string of the molecule is O=c1o[nH][n+](-c2ccccc2)[c]1[Hg][Cl]. The molecule has 0 aliphatic heterocycles. The van der Waals surface area contributed by atoms with Crippen molar-refractivity contribution in [1.29, 1.82) is 0 Å². The number of benzene rings is 1. The quantitative estimate of drug-likeness (QED) is 0.577. The van der Waals surface area contributed by atoms with Gasteiger partial charge in [0.2, 0.25) is 0 Å². The van der Waals surface area contributed by atoms with Gasteiger partial charge in [0.25, 0.3) is 0 Å². The Bertz CT molecular complexity index is 480. The fraction of sp³-hybridized carbons (Fsp3) is 0. The number of aromatic amines is 1. The minimum absolute atomic E-state index is 0.342. The van der Waals surface area contributed by atoms with E-state index in [0.717, 1.165) is 5.69 Å². The molecule has 0 atom stereocenters. The third kappa shape index (κ3) is 1.76. The molecule has 1 N–H and O–H groups in total. The molecule has 0 saturated heterocycles. The zero-order valence-corrected chi connectivity index (χ0v) is 13.5. The molecule has 0 aliphatic carbocycles. The molecule has 1 heterocycles. The van der Waals surface area contributed by atoms with Crippen molar-refractivity contribution in [3.05, 3.63) is 40.8 Å². The van der Waals surface area contributed by atoms with Gasteiger partial charge >= 0.3 is 95.7 Å². The number of H-pyrrole nitrogens is 1. The second-order valence-electron chi connectivity index (χ2n) is 2.73. The van der Waals surface area contributed by atoms with Gasteiger partial charge in [-0.25, -0.2) is 0 Å². The first kappa shape index (κ1) is 9.92. The van der Waals surface area contributed by atoms with E-state index >= 15 is 0 Å². The van der Waals surface area contributed by atoms with Crippen molar-refractivity contribution in [2.24, 2.45) is 0 Å². The summed E-state index contributed by atoms with van der Waals surface area (Å²) >= 11 is -1.78. The van der Waals surface area contributed by atoms with Crippen molar-refractivity contribution in [3.63, 3.8) is 0 Å². The fourth-order valence-corrected chi connectivity index (χ4v) is 5.33. The molecule has 0 amide bonds. The van der Waals surface area contributed by atoms with Crippen LogP contribution < -0.4 is 13.5 Å². The van der Waals surface area contributed by atoms with Crippen LogP contribution in [-0.2, 0) is 23.3 Å². The van der Waals surface area contributed by atoms with Crippen molar-refractivity contribution < 1.29 is 32.5 Å². The summed E-state index contributed by atoms with van der Waals surface area (Å²) in [4.78, 5) is 11.2. The number of hydrogen-bond acceptors (Lipinski definition) is 2. The van der Waals surface area contributed by atoms with Crippen LogP contribution in [0.3, 0.4) is 0 Å². The molecule has 14 heavy (non-hydrogen) atoms. The van der Waals surface area contributed by atoms with E-state index in [0.29, 0.717) is 3.20 Å². The first-order valence-corrected chi connectivity index (χ1v) is 13.6. The van der Waals surface area contributed by atoms with E-state index in [1.807, 2.05) is 30.3 Å². The Morgan fingerprint density at radius 2 is 2.07 bits per heavy atom. The van der Waals surface area contributed by atoms with Gasteiger partial charge in [-0.3, -0.25) is 0 Å². The normalized spacial score (nSPS) is 9.79. The summed E-state index contributed by atoms with van der Waals surface area (Å²) in [5, 5.41) is 2.54. The van der Waals surface area contributed by atoms with Crippen LogP contribution in [0.5, 0.6) is 0 Å². The van der Waals surface area contributed by atoms with Crippen molar-refractivity contribution in [3.8, 4) is 5.69 Å². The summed E-state index contributed by atoms with van der Waals surface area (Å²) in [6.45, 7) is 0. The molecule has 2 rings (SSSR count). The fourth-order valence-electron chi connectivity index (χ4n) is 1.19. The van der Waals surface area contributed by atoms with E-state index < -0.39 is 23.3 Å². The maximum atomic E-state index is 11.2. The van der Waals surface area contributed by atoms with E-state index in [1.165, 1.54) is 0 Å². The summed E-state index contributed by atoms with van der Waals surface area (Å²) in [5.74, 6) is 0. The van der Waals surface area contributed by atoms with E-state index in [1.54, 1.807) is 4.68 Å². The number of para-hydroxylation sites is 1. The Hall–Kier alpha value is -0.615. The Labute approximate surface area is 95.3 Å². The molecule has 6 heteroatoms. The van der Waals surface area contributed by atoms with E-state index in [2.05, 4.69) is 5.27 Å². The van der Waals surface area contributed by atoms with E-state index in [-0.39, 0.29) is 5.63 Å². The van der Waals surface area contributed by atoms with Crippen LogP contribution in [0, 0.1) is 0 Å². The first-order chi connectivity index (χ1) is 6.83. The van der Waals surface area contributed by atoms with Crippen LogP contribution in [0.1, 0.15) is 0 Å². The van der Waals surface area contributed by atoms with Gasteiger partial charge in [-0.1, -0.05) is 0 Å². The molecule has 0 radical (unpaired) electrons. The predicted molar refractivity (Wildman–Crippen MR) is 46.3 cm³/mol. The monoisotopic (exact) mass is 399 g/mol. The minimum atomic E-state index is -1.78. The van der Waals surface area contributed by atoms with Gasteiger partial charge in [0.1, 0.15) is 0 Å². The third-order valence-electron chi connectivity index (χ3n) is 1.88. The topological polar surface area (TPSA) is 49.9 Å². The standard InChI is InChI=1S/C8H6N2O2.ClH.Hg/c11-8-6-10(9-12-8)7-4-2-1-3-5-7;;/h1-5,9H;1H;/q+1;;+1/p-1. The molecule has 4 nitrogen and oxygen atoms in total. The zero-order chi connectivity index (χ0) is 9.97. The molecule has 1 aromatic heterocycles. The number of rotatable bonds is 2. The van der Waals surface area contributed by atoms with Gasteiger partial charge in [-0.15, -0.1) is 0 Å². The molecule has 0 bridgehead atoms. The van der Waals surface area contributed by atoms with Crippen LogP contribution in [0.4, 0.5) is 0 Å². The van der Waals surface area contributed by atoms with Crippen LogP contribution in [0.2, 0.25) is 0 Å². The molecule has 68 valence electrons. The van der Waals surface area contributed by atoms with Gasteiger partial charge in [0.05, 0.1) is 0 Å². The van der Waals surface area contributed by atoms with Crippen LogP contribution in [0.25, 0.3) is 5.69 Å². The van der Waals surface area contributed by atoms with Crippen LogP contribution in [-0.4, -0.2) is 5.27 Å². The van der Waals surface area contributed by atoms with Crippen LogP contribution in [0.15, 0.2) is 39.6 Å². The summed E-state index contributed by atoms with van der Waals surface area (Å²) in [5.41, 5.74) is 0.527. The second kappa shape index (κ2) is 4.27. The zero-order valence-electron chi connectivity index (χ0n) is 7.24. The number of halogens is 1. The van der Waals surface area contributed by atoms with Crippen LogP contribution >= 0.6 is 8.25 Å². The molecule has 0 aliphatic rings. The van der Waals surface area contributed by atoms with Gasteiger partial charge in [0, 0.05) is 0 Å². The van der Waals surface area contributed by atoms with Gasteiger partial charge in [-0.05, 0) is 0 Å². The maximum absolute atomic E-state index is 11.2. The Morgan fingerprint density at radius 3 is 2.71 bits per heavy atom. The average Bonchev–Trinajstić information content (AvgIpc) is 2.61. The summed E-state index contributed by atoms with van der Waals surface area (Å²) in [6, 6.07) is 9.46. The van der Waals surface area contributed by atoms with Crippen molar-refractivity contribution in [1.82, 2.24) is 5.27 Å². The Kier molecular flexibility index (Phi) is 3.03. The van der Waals surface area contributed by atoms with E-state index in [4.69, 9.17) is 12.8 Å². The summed E-state index contributed by atoms with van der Waals surface area (Å²) < 4.78 is 6.93. The second-order valence-corrected chi connectivity index (χ2v) is 8.72. The van der Waals surface area contributed by atoms with Gasteiger partial charge in [-0.2, -0.15) is 0 Å². The molecule has 1 aromatic carbocycles. The van der Waals surface area contributed by atoms with Crippen molar-refractivity contribution >= 4 is 11.5 Å². The van der Waals surface area contributed by atoms with Gasteiger partial charge in [0.15, 0.2) is 0 Å². The predicted octanol–water partition coefficient (Wildman–Crippen LogP) is 0.106. The summed E-state index contributed by atoms with van der Waals surface area (Å²) in [6.07, 6.45) is 0. The molecular weight excluding hydrogens is 392 g/mol. The van der Waals surface area contributed by atoms with Crippen molar-refractivity contribution in [2.75, 3.05) is 0 Å². The molecule has 2 aromatic rings. The Morgan fingerprint density at radius 1 is 1.36 bits per heavy atom. The Balaban J connectivity index is 2.57. The molecule has 0 fully saturated rings. The molecule has 0 unspecified atom stereocenters.